The van der Waals surface area contributed by atoms with Gasteiger partial charge in [0.05, 0.1) is 0 Å². The molecule has 2 aliphatic carbocycles. The molecule has 4 heteroatoms. The minimum Gasteiger partial charge on any atom is -0.393 e. The summed E-state index contributed by atoms with van der Waals surface area (Å²) < 4.78 is 9.63. The van der Waals surface area contributed by atoms with Crippen LogP contribution in [0.4, 0.5) is 0 Å². The summed E-state index contributed by atoms with van der Waals surface area (Å²) in [4.78, 5) is 0. The summed E-state index contributed by atoms with van der Waals surface area (Å²) in [7, 11) is 0. The van der Waals surface area contributed by atoms with Crippen molar-refractivity contribution in [2.75, 3.05) is 0 Å². The van der Waals surface area contributed by atoms with Gasteiger partial charge < -0.3 is 9.47 Å². The van der Waals surface area contributed by atoms with Crippen LogP contribution in [0.5, 0.6) is 0 Å². The lowest BCUT2D eigenvalue weighted by Gasteiger charge is -2.16. The summed E-state index contributed by atoms with van der Waals surface area (Å²) in [6.07, 6.45) is 15.5. The van der Waals surface area contributed by atoms with E-state index in [1.165, 1.54) is 11.1 Å². The van der Waals surface area contributed by atoms with Crippen molar-refractivity contribution in [3.63, 3.8) is 0 Å². The molecule has 0 unspecified atom stereocenters. The van der Waals surface area contributed by atoms with E-state index in [9.17, 15) is 0 Å². The first-order chi connectivity index (χ1) is 9.31. The zero-order chi connectivity index (χ0) is 13.5. The Balaban J connectivity index is 1.94. The fourth-order valence-electron chi connectivity index (χ4n) is 2.20. The van der Waals surface area contributed by atoms with Crippen LogP contribution in [-0.4, -0.2) is 0 Å². The maximum atomic E-state index is 8.43. The lowest BCUT2D eigenvalue weighted by molar-refractivity contribution is 0.351. The van der Waals surface area contributed by atoms with Crippen molar-refractivity contribution >= 4 is 0 Å². The molecule has 96 valence electrons. The SMILES string of the molecule is N#COC1=CC=C(CC2=CC=C(OC#N)CC2)CC1. The number of ether oxygens (including phenoxy) is 2. The van der Waals surface area contributed by atoms with E-state index in [0.717, 1.165) is 43.6 Å². The molecule has 0 aromatic heterocycles. The van der Waals surface area contributed by atoms with E-state index in [-0.39, 0.29) is 0 Å². The van der Waals surface area contributed by atoms with E-state index in [4.69, 9.17) is 20.0 Å². The Labute approximate surface area is 112 Å². The number of hydrogen-bond donors (Lipinski definition) is 0. The first kappa shape index (κ1) is 13.0. The molecule has 19 heavy (non-hydrogen) atoms. The van der Waals surface area contributed by atoms with Crippen LogP contribution in [0, 0.1) is 23.0 Å². The predicted octanol–water partition coefficient (Wildman–Crippen LogP) is 3.58. The second kappa shape index (κ2) is 6.47. The van der Waals surface area contributed by atoms with Crippen LogP contribution in [0.25, 0.3) is 0 Å². The van der Waals surface area contributed by atoms with Crippen molar-refractivity contribution in [1.82, 2.24) is 0 Å². The molecule has 0 saturated carbocycles. The van der Waals surface area contributed by atoms with Crippen LogP contribution in [0.2, 0.25) is 0 Å². The Bertz CT molecular complexity index is 504. The molecular formula is C15H14N2O2. The minimum atomic E-state index is 0.730. The minimum absolute atomic E-state index is 0.730. The molecular weight excluding hydrogens is 240 g/mol. The van der Waals surface area contributed by atoms with Crippen LogP contribution < -0.4 is 0 Å². The highest BCUT2D eigenvalue weighted by Crippen LogP contribution is 2.28. The largest absolute Gasteiger partial charge is 0.393 e. The summed E-state index contributed by atoms with van der Waals surface area (Å²) in [5.74, 6) is 1.46. The highest BCUT2D eigenvalue weighted by Gasteiger charge is 2.12. The zero-order valence-corrected chi connectivity index (χ0v) is 10.6. The van der Waals surface area contributed by atoms with E-state index in [1.807, 2.05) is 24.3 Å². The molecule has 0 radical (unpaired) electrons. The highest BCUT2D eigenvalue weighted by atomic mass is 16.5. The molecule has 0 aromatic rings. The molecule has 4 nitrogen and oxygen atoms in total. The first-order valence-electron chi connectivity index (χ1n) is 6.21. The topological polar surface area (TPSA) is 66.0 Å². The zero-order valence-electron chi connectivity index (χ0n) is 10.6. The maximum Gasteiger partial charge on any atom is 0.291 e. The molecule has 0 spiro atoms. The van der Waals surface area contributed by atoms with E-state index in [1.54, 1.807) is 12.5 Å². The van der Waals surface area contributed by atoms with E-state index in [0.29, 0.717) is 0 Å². The van der Waals surface area contributed by atoms with Gasteiger partial charge in [-0.3, -0.25) is 0 Å². The van der Waals surface area contributed by atoms with Crippen molar-refractivity contribution in [1.29, 1.82) is 10.5 Å². The lowest BCUT2D eigenvalue weighted by atomic mass is 9.92. The molecule has 0 heterocycles. The standard InChI is InChI=1S/C15H14N2O2/c16-10-18-14-5-1-12(2-6-14)9-13-3-7-15(8-4-13)19-11-17/h1,3,5,7H,2,4,6,8-9H2. The van der Waals surface area contributed by atoms with Crippen LogP contribution >= 0.6 is 0 Å². The molecule has 0 amide bonds. The fraction of sp³-hybridized carbons (Fsp3) is 0.333. The van der Waals surface area contributed by atoms with Gasteiger partial charge in [0.15, 0.2) is 0 Å². The lowest BCUT2D eigenvalue weighted by Crippen LogP contribution is -2.00. The molecule has 0 N–H and O–H groups in total. The van der Waals surface area contributed by atoms with Gasteiger partial charge in [0.25, 0.3) is 12.5 Å². The number of hydrogen-bond acceptors (Lipinski definition) is 4. The average molecular weight is 254 g/mol. The van der Waals surface area contributed by atoms with Crippen molar-refractivity contribution < 1.29 is 9.47 Å². The summed E-state index contributed by atoms with van der Waals surface area (Å²) in [5, 5.41) is 16.9. The van der Waals surface area contributed by atoms with E-state index < -0.39 is 0 Å². The van der Waals surface area contributed by atoms with Gasteiger partial charge in [0.2, 0.25) is 0 Å². The smallest absolute Gasteiger partial charge is 0.291 e. The van der Waals surface area contributed by atoms with Crippen molar-refractivity contribution in [2.24, 2.45) is 0 Å². The van der Waals surface area contributed by atoms with E-state index in [2.05, 4.69) is 0 Å². The monoisotopic (exact) mass is 254 g/mol. The van der Waals surface area contributed by atoms with Gasteiger partial charge in [-0.15, -0.1) is 10.5 Å². The molecule has 0 fully saturated rings. The number of rotatable bonds is 4. The summed E-state index contributed by atoms with van der Waals surface area (Å²) >= 11 is 0. The molecule has 0 aliphatic heterocycles. The first-order valence-corrected chi connectivity index (χ1v) is 6.21. The van der Waals surface area contributed by atoms with Crippen LogP contribution in [0.1, 0.15) is 32.1 Å². The molecule has 0 saturated heterocycles. The molecule has 0 atom stereocenters. The Morgan fingerprint density at radius 2 is 1.26 bits per heavy atom. The third kappa shape index (κ3) is 3.76. The van der Waals surface area contributed by atoms with Gasteiger partial charge >= 0.3 is 0 Å². The maximum absolute atomic E-state index is 8.43. The Kier molecular flexibility index (Phi) is 4.42. The van der Waals surface area contributed by atoms with Gasteiger partial charge in [0, 0.05) is 12.8 Å². The number of allylic oxidation sites excluding steroid dienone is 8. The van der Waals surface area contributed by atoms with Gasteiger partial charge in [-0.25, -0.2) is 0 Å². The summed E-state index contributed by atoms with van der Waals surface area (Å²) in [6, 6.07) is 0. The second-order valence-corrected chi connectivity index (χ2v) is 4.48. The molecule has 0 bridgehead atoms. The fourth-order valence-corrected chi connectivity index (χ4v) is 2.20. The van der Waals surface area contributed by atoms with Crippen LogP contribution in [-0.2, 0) is 9.47 Å². The van der Waals surface area contributed by atoms with Crippen LogP contribution in [0.15, 0.2) is 47.0 Å². The highest BCUT2D eigenvalue weighted by molar-refractivity contribution is 5.29. The van der Waals surface area contributed by atoms with Gasteiger partial charge in [-0.1, -0.05) is 23.3 Å². The van der Waals surface area contributed by atoms with Gasteiger partial charge in [-0.2, -0.15) is 0 Å². The summed E-state index contributed by atoms with van der Waals surface area (Å²) in [6.45, 7) is 0. The number of nitrogens with zero attached hydrogens (tertiary/aromatic N) is 2. The van der Waals surface area contributed by atoms with E-state index >= 15 is 0 Å². The van der Waals surface area contributed by atoms with Gasteiger partial charge in [0.1, 0.15) is 11.5 Å². The van der Waals surface area contributed by atoms with Crippen molar-refractivity contribution in [3.8, 4) is 12.5 Å². The van der Waals surface area contributed by atoms with Crippen molar-refractivity contribution in [3.05, 3.63) is 47.0 Å². The Morgan fingerprint density at radius 3 is 1.58 bits per heavy atom. The Hall–Kier alpha value is -2.46. The summed E-state index contributed by atoms with van der Waals surface area (Å²) in [5.41, 5.74) is 2.68. The third-order valence-corrected chi connectivity index (χ3v) is 3.20. The van der Waals surface area contributed by atoms with Gasteiger partial charge in [-0.05, 0) is 31.4 Å². The normalized spacial score (nSPS) is 18.0. The second-order valence-electron chi connectivity index (χ2n) is 4.48. The molecule has 2 rings (SSSR count). The van der Waals surface area contributed by atoms with Crippen molar-refractivity contribution in [2.45, 2.75) is 32.1 Å². The third-order valence-electron chi connectivity index (χ3n) is 3.20. The van der Waals surface area contributed by atoms with Crippen LogP contribution in [0.3, 0.4) is 0 Å². The predicted molar refractivity (Wildman–Crippen MR) is 68.8 cm³/mol. The number of nitriles is 2. The molecule has 2 aliphatic rings. The molecule has 0 aromatic carbocycles. The Morgan fingerprint density at radius 1 is 0.789 bits per heavy atom. The quantitative estimate of drug-likeness (QED) is 0.719. The average Bonchev–Trinajstić information content (AvgIpc) is 2.44.